The number of nitro benzene ring substituents is 2. The van der Waals surface area contributed by atoms with Gasteiger partial charge in [0, 0.05) is 32.2 Å². The molecule has 5 rings (SSSR count). The van der Waals surface area contributed by atoms with E-state index >= 15 is 0 Å². The third kappa shape index (κ3) is 7.44. The molecule has 3 aromatic rings. The molecule has 3 heterocycles. The second-order valence-corrected chi connectivity index (χ2v) is 10.3. The molecule has 0 bridgehead atoms. The van der Waals surface area contributed by atoms with Crippen molar-refractivity contribution in [3.63, 3.8) is 0 Å². The van der Waals surface area contributed by atoms with Crippen molar-refractivity contribution in [2.24, 2.45) is 5.10 Å². The summed E-state index contributed by atoms with van der Waals surface area (Å²) in [6, 6.07) is 10.0. The van der Waals surface area contributed by atoms with Crippen LogP contribution in [0.4, 0.5) is 29.2 Å². The Kier molecular flexibility index (Phi) is 9.31. The van der Waals surface area contributed by atoms with Crippen LogP contribution in [0.2, 0.25) is 0 Å². The minimum absolute atomic E-state index is 0.106. The molecule has 0 aliphatic carbocycles. The maximum Gasteiger partial charge on any atom is 0.318 e. The third-order valence-corrected chi connectivity index (χ3v) is 7.20. The first kappa shape index (κ1) is 28.6. The molecule has 0 radical (unpaired) electrons. The molecule has 2 saturated heterocycles. The second kappa shape index (κ2) is 13.7. The Bertz CT molecular complexity index is 1400. The SMILES string of the molecule is O=[N+]([O-])c1ccc(Oc2cccc(/C=N\Nc3nc(N4CCCCCC4)nc(N4CCCCCC4)n3)c2)c([N+](=O)[O-])c1. The lowest BCUT2D eigenvalue weighted by atomic mass is 10.2. The molecule has 2 fully saturated rings. The molecule has 0 atom stereocenters. The van der Waals surface area contributed by atoms with Gasteiger partial charge in [-0.15, -0.1) is 0 Å². The van der Waals surface area contributed by atoms with Crippen LogP contribution in [-0.4, -0.2) is 57.2 Å². The van der Waals surface area contributed by atoms with Gasteiger partial charge in [-0.2, -0.15) is 20.1 Å². The Morgan fingerprint density at radius 3 is 1.98 bits per heavy atom. The Morgan fingerprint density at radius 1 is 0.786 bits per heavy atom. The largest absolute Gasteiger partial charge is 0.450 e. The number of anilines is 3. The molecule has 2 aliphatic heterocycles. The quantitative estimate of drug-likeness (QED) is 0.189. The smallest absolute Gasteiger partial charge is 0.318 e. The molecule has 1 N–H and O–H groups in total. The Hall–Kier alpha value is -4.88. The predicted molar refractivity (Wildman–Crippen MR) is 159 cm³/mol. The third-order valence-electron chi connectivity index (χ3n) is 7.20. The summed E-state index contributed by atoms with van der Waals surface area (Å²) in [5.41, 5.74) is 2.71. The lowest BCUT2D eigenvalue weighted by Crippen LogP contribution is -2.30. The van der Waals surface area contributed by atoms with E-state index in [1.54, 1.807) is 30.5 Å². The van der Waals surface area contributed by atoms with E-state index in [0.717, 1.165) is 64.0 Å². The number of ether oxygens (including phenoxy) is 1. The van der Waals surface area contributed by atoms with E-state index in [4.69, 9.17) is 9.72 Å². The Morgan fingerprint density at radius 2 is 1.40 bits per heavy atom. The Labute approximate surface area is 242 Å². The van der Waals surface area contributed by atoms with E-state index in [9.17, 15) is 20.2 Å². The van der Waals surface area contributed by atoms with Gasteiger partial charge in [-0.25, -0.2) is 5.43 Å². The molecule has 1 aromatic heterocycles. The average Bonchev–Trinajstić information content (AvgIpc) is 3.44. The first-order valence-electron chi connectivity index (χ1n) is 14.2. The highest BCUT2D eigenvalue weighted by Crippen LogP contribution is 2.34. The number of hydrogen-bond acceptors (Lipinski definition) is 12. The number of benzene rings is 2. The topological polar surface area (TPSA) is 165 Å². The van der Waals surface area contributed by atoms with E-state index < -0.39 is 21.2 Å². The van der Waals surface area contributed by atoms with E-state index in [1.165, 1.54) is 31.7 Å². The summed E-state index contributed by atoms with van der Waals surface area (Å²) < 4.78 is 5.71. The minimum Gasteiger partial charge on any atom is -0.450 e. The van der Waals surface area contributed by atoms with Crippen LogP contribution in [0.25, 0.3) is 0 Å². The van der Waals surface area contributed by atoms with Gasteiger partial charge in [0.05, 0.1) is 22.1 Å². The molecule has 2 aromatic carbocycles. The van der Waals surface area contributed by atoms with Crippen LogP contribution >= 0.6 is 0 Å². The molecule has 220 valence electrons. The van der Waals surface area contributed by atoms with Gasteiger partial charge in [-0.1, -0.05) is 37.8 Å². The maximum absolute atomic E-state index is 11.5. The number of hydrogen-bond donors (Lipinski definition) is 1. The van der Waals surface area contributed by atoms with E-state index in [1.807, 2.05) is 0 Å². The van der Waals surface area contributed by atoms with Gasteiger partial charge in [0.25, 0.3) is 5.69 Å². The van der Waals surface area contributed by atoms with Crippen molar-refractivity contribution in [2.45, 2.75) is 51.4 Å². The van der Waals surface area contributed by atoms with Gasteiger partial charge in [0.2, 0.25) is 23.6 Å². The van der Waals surface area contributed by atoms with E-state index in [0.29, 0.717) is 29.2 Å². The van der Waals surface area contributed by atoms with E-state index in [2.05, 4.69) is 30.3 Å². The highest BCUT2D eigenvalue weighted by atomic mass is 16.6. The number of nitrogens with one attached hydrogen (secondary N) is 1. The van der Waals surface area contributed by atoms with Crippen LogP contribution in [0.1, 0.15) is 56.9 Å². The first-order chi connectivity index (χ1) is 20.5. The van der Waals surface area contributed by atoms with Crippen molar-refractivity contribution in [3.05, 3.63) is 68.3 Å². The van der Waals surface area contributed by atoms with Crippen LogP contribution in [0.15, 0.2) is 47.6 Å². The molecular weight excluding hydrogens is 542 g/mol. The summed E-state index contributed by atoms with van der Waals surface area (Å²) in [5, 5.41) is 26.8. The van der Waals surface area contributed by atoms with Gasteiger partial charge in [0.15, 0.2) is 0 Å². The van der Waals surface area contributed by atoms with Crippen molar-refractivity contribution >= 4 is 35.4 Å². The maximum atomic E-state index is 11.5. The minimum atomic E-state index is -0.716. The number of aromatic nitrogens is 3. The van der Waals surface area contributed by atoms with Gasteiger partial charge in [-0.3, -0.25) is 20.2 Å². The van der Waals surface area contributed by atoms with Crippen molar-refractivity contribution < 1.29 is 14.6 Å². The highest BCUT2D eigenvalue weighted by Gasteiger charge is 2.22. The fourth-order valence-electron chi connectivity index (χ4n) is 5.03. The Balaban J connectivity index is 1.33. The van der Waals surface area contributed by atoms with Crippen molar-refractivity contribution in [3.8, 4) is 11.5 Å². The zero-order valence-electron chi connectivity index (χ0n) is 23.2. The van der Waals surface area contributed by atoms with Crippen LogP contribution < -0.4 is 20.0 Å². The fourth-order valence-corrected chi connectivity index (χ4v) is 5.03. The first-order valence-corrected chi connectivity index (χ1v) is 14.2. The molecule has 14 heteroatoms. The van der Waals surface area contributed by atoms with Gasteiger partial charge in [-0.05, 0) is 49.4 Å². The number of nitro groups is 2. The average molecular weight is 576 g/mol. The number of non-ortho nitro benzene ring substituents is 1. The lowest BCUT2D eigenvalue weighted by Gasteiger charge is -2.24. The molecule has 42 heavy (non-hydrogen) atoms. The second-order valence-electron chi connectivity index (χ2n) is 10.3. The molecule has 0 amide bonds. The zero-order chi connectivity index (χ0) is 29.3. The molecule has 0 spiro atoms. The zero-order valence-corrected chi connectivity index (χ0v) is 23.2. The molecule has 14 nitrogen and oxygen atoms in total. The summed E-state index contributed by atoms with van der Waals surface area (Å²) >= 11 is 0. The van der Waals surface area contributed by atoms with E-state index in [-0.39, 0.29) is 5.75 Å². The summed E-state index contributed by atoms with van der Waals surface area (Å²) in [4.78, 5) is 39.7. The van der Waals surface area contributed by atoms with Gasteiger partial charge >= 0.3 is 5.69 Å². The summed E-state index contributed by atoms with van der Waals surface area (Å²) in [5.74, 6) is 1.87. The number of nitrogens with zero attached hydrogens (tertiary/aromatic N) is 8. The van der Waals surface area contributed by atoms with Gasteiger partial charge < -0.3 is 14.5 Å². The van der Waals surface area contributed by atoms with Crippen molar-refractivity contribution in [1.29, 1.82) is 0 Å². The van der Waals surface area contributed by atoms with Crippen LogP contribution in [-0.2, 0) is 0 Å². The normalized spacial score (nSPS) is 16.1. The number of hydrazone groups is 1. The molecular formula is C28H33N9O5. The van der Waals surface area contributed by atoms with Crippen molar-refractivity contribution in [2.75, 3.05) is 41.4 Å². The summed E-state index contributed by atoms with van der Waals surface area (Å²) in [6.07, 6.45) is 10.8. The predicted octanol–water partition coefficient (Wildman–Crippen LogP) is 5.69. The molecule has 0 saturated carbocycles. The van der Waals surface area contributed by atoms with Gasteiger partial charge in [0.1, 0.15) is 5.75 Å². The highest BCUT2D eigenvalue weighted by molar-refractivity contribution is 5.80. The monoisotopic (exact) mass is 575 g/mol. The molecule has 0 unspecified atom stereocenters. The van der Waals surface area contributed by atoms with Crippen LogP contribution in [0.3, 0.4) is 0 Å². The summed E-state index contributed by atoms with van der Waals surface area (Å²) in [6.45, 7) is 3.63. The van der Waals surface area contributed by atoms with Crippen LogP contribution in [0.5, 0.6) is 11.5 Å². The van der Waals surface area contributed by atoms with Crippen molar-refractivity contribution in [1.82, 2.24) is 15.0 Å². The van der Waals surface area contributed by atoms with Crippen LogP contribution in [0, 0.1) is 20.2 Å². The number of rotatable bonds is 9. The fraction of sp³-hybridized carbons (Fsp3) is 0.429. The lowest BCUT2D eigenvalue weighted by molar-refractivity contribution is -0.394. The summed E-state index contributed by atoms with van der Waals surface area (Å²) in [7, 11) is 0. The standard InChI is InChI=1S/C28H33N9O5/c38-36(39)22-12-13-25(24(19-22)37(40)41)42-23-11-9-10-21(18-23)20-29-33-26-30-27(34-14-5-1-2-6-15-34)32-28(31-26)35-16-7-3-4-8-17-35/h9-13,18-20H,1-8,14-17H2,(H,30,31,32,33)/b29-20-. The molecule has 2 aliphatic rings.